The zero-order valence-electron chi connectivity index (χ0n) is 7.73. The van der Waals surface area contributed by atoms with E-state index < -0.39 is 6.10 Å². The van der Waals surface area contributed by atoms with Crippen LogP contribution in [0.15, 0.2) is 0 Å². The summed E-state index contributed by atoms with van der Waals surface area (Å²) in [4.78, 5) is 11.0. The van der Waals surface area contributed by atoms with Gasteiger partial charge in [-0.25, -0.2) is 0 Å². The highest BCUT2D eigenvalue weighted by molar-refractivity contribution is 7.80. The highest BCUT2D eigenvalue weighted by atomic mass is 32.1. The molecule has 78 valence electrons. The predicted octanol–water partition coefficient (Wildman–Crippen LogP) is -0.446. The fourth-order valence-corrected chi connectivity index (χ4v) is 0.854. The van der Waals surface area contributed by atoms with E-state index in [1.807, 2.05) is 6.92 Å². The Balaban J connectivity index is 3.40. The fraction of sp³-hybridized carbons (Fsp3) is 0.875. The molecule has 0 aliphatic rings. The molecule has 0 aromatic rings. The highest BCUT2D eigenvalue weighted by Crippen LogP contribution is 2.02. The highest BCUT2D eigenvalue weighted by Gasteiger charge is 2.06. The minimum absolute atomic E-state index is 0.107. The number of nitrogens with one attached hydrogen (secondary N) is 1. The molecule has 0 bridgehead atoms. The largest absolute Gasteiger partial charge is 0.394 e. The molecule has 0 aromatic carbocycles. The number of hydrogen-bond acceptors (Lipinski definition) is 4. The monoisotopic (exact) mass is 207 g/mol. The van der Waals surface area contributed by atoms with Crippen molar-refractivity contribution in [1.29, 1.82) is 0 Å². The number of hydrogen-bond donors (Lipinski definition) is 4. The molecule has 2 atom stereocenters. The third-order valence-corrected chi connectivity index (χ3v) is 1.79. The second-order valence-corrected chi connectivity index (χ2v) is 3.91. The number of aliphatic hydroxyl groups is 2. The molecule has 0 radical (unpaired) electrons. The average Bonchev–Trinajstić information content (AvgIpc) is 2.10. The Hall–Kier alpha value is -0.260. The summed E-state index contributed by atoms with van der Waals surface area (Å²) >= 11 is 4.13. The molecule has 1 amide bonds. The molecule has 4 nitrogen and oxygen atoms in total. The number of carbonyl (C=O) groups excluding carboxylic acids is 1. The SMILES string of the molecule is CC(S)CCC(=O)NCC(O)CO. The molecule has 5 heteroatoms. The van der Waals surface area contributed by atoms with E-state index in [-0.39, 0.29) is 24.3 Å². The van der Waals surface area contributed by atoms with E-state index >= 15 is 0 Å². The summed E-state index contributed by atoms with van der Waals surface area (Å²) in [7, 11) is 0. The van der Waals surface area contributed by atoms with Crippen LogP contribution in [0.5, 0.6) is 0 Å². The Labute approximate surface area is 83.7 Å². The van der Waals surface area contributed by atoms with Gasteiger partial charge in [0.05, 0.1) is 12.7 Å². The van der Waals surface area contributed by atoms with Crippen molar-refractivity contribution in [2.75, 3.05) is 13.2 Å². The van der Waals surface area contributed by atoms with E-state index in [9.17, 15) is 4.79 Å². The first kappa shape index (κ1) is 12.7. The van der Waals surface area contributed by atoms with Crippen molar-refractivity contribution in [3.8, 4) is 0 Å². The summed E-state index contributed by atoms with van der Waals surface area (Å²) in [6.07, 6.45) is 0.254. The third-order valence-electron chi connectivity index (χ3n) is 1.53. The molecule has 0 aliphatic carbocycles. The summed E-state index contributed by atoms with van der Waals surface area (Å²) in [5.41, 5.74) is 0. The molecule has 0 saturated carbocycles. The first-order valence-electron chi connectivity index (χ1n) is 4.30. The normalized spacial score (nSPS) is 15.1. The fourth-order valence-electron chi connectivity index (χ4n) is 0.725. The summed E-state index contributed by atoms with van der Waals surface area (Å²) < 4.78 is 0. The molecule has 2 unspecified atom stereocenters. The number of carbonyl (C=O) groups is 1. The smallest absolute Gasteiger partial charge is 0.220 e. The Morgan fingerprint density at radius 1 is 1.62 bits per heavy atom. The number of aliphatic hydroxyl groups excluding tert-OH is 2. The van der Waals surface area contributed by atoms with Gasteiger partial charge >= 0.3 is 0 Å². The van der Waals surface area contributed by atoms with Crippen LogP contribution in [0.25, 0.3) is 0 Å². The quantitative estimate of drug-likeness (QED) is 0.446. The van der Waals surface area contributed by atoms with Crippen molar-refractivity contribution in [2.45, 2.75) is 31.1 Å². The number of rotatable bonds is 6. The Bertz CT molecular complexity index is 152. The van der Waals surface area contributed by atoms with Gasteiger partial charge in [-0.1, -0.05) is 6.92 Å². The first-order chi connectivity index (χ1) is 6.06. The molecule has 0 fully saturated rings. The van der Waals surface area contributed by atoms with Gasteiger partial charge in [0.25, 0.3) is 0 Å². The maximum Gasteiger partial charge on any atom is 0.220 e. The van der Waals surface area contributed by atoms with E-state index in [0.29, 0.717) is 12.8 Å². The van der Waals surface area contributed by atoms with Crippen LogP contribution in [-0.4, -0.2) is 40.6 Å². The van der Waals surface area contributed by atoms with Crippen molar-refractivity contribution in [3.05, 3.63) is 0 Å². The maximum atomic E-state index is 11.0. The van der Waals surface area contributed by atoms with Gasteiger partial charge in [0.15, 0.2) is 0 Å². The number of thiol groups is 1. The lowest BCUT2D eigenvalue weighted by Crippen LogP contribution is -2.33. The standard InChI is InChI=1S/C8H17NO3S/c1-6(13)2-3-8(12)9-4-7(11)5-10/h6-7,10-11,13H,2-5H2,1H3,(H,9,12). The third kappa shape index (κ3) is 8.08. The van der Waals surface area contributed by atoms with E-state index in [1.54, 1.807) is 0 Å². The van der Waals surface area contributed by atoms with Gasteiger partial charge in [0.2, 0.25) is 5.91 Å². The lowest BCUT2D eigenvalue weighted by molar-refractivity contribution is -0.121. The summed E-state index contributed by atoms with van der Waals surface area (Å²) in [5, 5.41) is 20.1. The average molecular weight is 207 g/mol. The molecule has 0 heterocycles. The van der Waals surface area contributed by atoms with Crippen molar-refractivity contribution in [3.63, 3.8) is 0 Å². The molecule has 0 aromatic heterocycles. The van der Waals surface area contributed by atoms with Crippen molar-refractivity contribution in [2.24, 2.45) is 0 Å². The second-order valence-electron chi connectivity index (χ2n) is 3.03. The second kappa shape index (κ2) is 7.17. The molecular weight excluding hydrogens is 190 g/mol. The van der Waals surface area contributed by atoms with Gasteiger partial charge in [-0.05, 0) is 11.7 Å². The molecule has 0 spiro atoms. The van der Waals surface area contributed by atoms with Crippen LogP contribution in [0.2, 0.25) is 0 Å². The molecule has 0 aliphatic heterocycles. The first-order valence-corrected chi connectivity index (χ1v) is 4.81. The van der Waals surface area contributed by atoms with Gasteiger partial charge in [-0.3, -0.25) is 4.79 Å². The van der Waals surface area contributed by atoms with Gasteiger partial charge in [0, 0.05) is 13.0 Å². The summed E-state index contributed by atoms with van der Waals surface area (Å²) in [5.74, 6) is -0.117. The van der Waals surface area contributed by atoms with Crippen LogP contribution in [0.4, 0.5) is 0 Å². The van der Waals surface area contributed by atoms with E-state index in [2.05, 4.69) is 17.9 Å². The van der Waals surface area contributed by atoms with Crippen LogP contribution in [-0.2, 0) is 4.79 Å². The minimum atomic E-state index is -0.864. The van der Waals surface area contributed by atoms with E-state index in [1.165, 1.54) is 0 Å². The van der Waals surface area contributed by atoms with Gasteiger partial charge in [-0.2, -0.15) is 12.6 Å². The Morgan fingerprint density at radius 3 is 2.69 bits per heavy atom. The molecule has 13 heavy (non-hydrogen) atoms. The van der Waals surface area contributed by atoms with Crippen molar-refractivity contribution in [1.82, 2.24) is 5.32 Å². The molecular formula is C8H17NO3S. The maximum absolute atomic E-state index is 11.0. The minimum Gasteiger partial charge on any atom is -0.394 e. The molecule has 0 rings (SSSR count). The van der Waals surface area contributed by atoms with Crippen LogP contribution < -0.4 is 5.32 Å². The topological polar surface area (TPSA) is 69.6 Å². The predicted molar refractivity (Wildman–Crippen MR) is 53.8 cm³/mol. The van der Waals surface area contributed by atoms with Crippen molar-refractivity contribution >= 4 is 18.5 Å². The van der Waals surface area contributed by atoms with Crippen LogP contribution in [0.1, 0.15) is 19.8 Å². The van der Waals surface area contributed by atoms with Crippen LogP contribution >= 0.6 is 12.6 Å². The molecule has 0 saturated heterocycles. The van der Waals surface area contributed by atoms with Gasteiger partial charge < -0.3 is 15.5 Å². The molecule has 3 N–H and O–H groups in total. The van der Waals surface area contributed by atoms with E-state index in [4.69, 9.17) is 10.2 Å². The lowest BCUT2D eigenvalue weighted by atomic mass is 10.2. The Kier molecular flexibility index (Phi) is 7.03. The zero-order valence-corrected chi connectivity index (χ0v) is 8.63. The van der Waals surface area contributed by atoms with Crippen molar-refractivity contribution < 1.29 is 15.0 Å². The number of amides is 1. The Morgan fingerprint density at radius 2 is 2.23 bits per heavy atom. The van der Waals surface area contributed by atoms with Gasteiger partial charge in [-0.15, -0.1) is 0 Å². The van der Waals surface area contributed by atoms with Crippen LogP contribution in [0.3, 0.4) is 0 Å². The van der Waals surface area contributed by atoms with E-state index in [0.717, 1.165) is 0 Å². The summed E-state index contributed by atoms with van der Waals surface area (Å²) in [6.45, 7) is 1.69. The summed E-state index contributed by atoms with van der Waals surface area (Å²) in [6, 6.07) is 0. The zero-order chi connectivity index (χ0) is 10.3. The lowest BCUT2D eigenvalue weighted by Gasteiger charge is -2.09. The van der Waals surface area contributed by atoms with Gasteiger partial charge in [0.1, 0.15) is 0 Å². The van der Waals surface area contributed by atoms with Crippen LogP contribution in [0, 0.1) is 0 Å².